The van der Waals surface area contributed by atoms with Gasteiger partial charge in [-0.05, 0) is 41.8 Å². The molecule has 0 fully saturated rings. The Morgan fingerprint density at radius 2 is 1.54 bits per heavy atom. The van der Waals surface area contributed by atoms with Gasteiger partial charge in [0.15, 0.2) is 0 Å². The Hall–Kier alpha value is -3.44. The maximum absolute atomic E-state index is 11.7. The number of isocyanates is 1. The van der Waals surface area contributed by atoms with E-state index in [1.165, 1.54) is 6.08 Å². The first-order valence-electron chi connectivity index (χ1n) is 8.84. The average molecular weight is 382 g/mol. The van der Waals surface area contributed by atoms with Gasteiger partial charge in [0.05, 0.1) is 11.6 Å². The highest BCUT2D eigenvalue weighted by Gasteiger charge is 2.09. The van der Waals surface area contributed by atoms with Crippen LogP contribution in [0.1, 0.15) is 25.0 Å². The fourth-order valence-electron chi connectivity index (χ4n) is 2.28. The molecule has 0 spiro atoms. The van der Waals surface area contributed by atoms with Crippen LogP contribution in [-0.4, -0.2) is 31.4 Å². The van der Waals surface area contributed by atoms with Gasteiger partial charge in [-0.25, -0.2) is 9.59 Å². The standard InChI is InChI=1S/C21H22N2O5/c1-15(2)20(25)27-11-12-28-21(26)23-19-9-5-17(6-10-19)13-16-3-7-18(8-4-16)22-14-24/h3-10,15H,11-13H2,1-2H3,(H,23,26). The number of anilines is 1. The van der Waals surface area contributed by atoms with Crippen LogP contribution >= 0.6 is 0 Å². The predicted octanol–water partition coefficient (Wildman–Crippen LogP) is 3.99. The number of aliphatic imine (C=N–C) groups is 1. The molecule has 146 valence electrons. The molecule has 0 aliphatic carbocycles. The molecule has 1 N–H and O–H groups in total. The summed E-state index contributed by atoms with van der Waals surface area (Å²) >= 11 is 0. The van der Waals surface area contributed by atoms with Gasteiger partial charge in [0.1, 0.15) is 13.2 Å². The number of carbonyl (C=O) groups is 2. The summed E-state index contributed by atoms with van der Waals surface area (Å²) in [6.07, 6.45) is 1.60. The first kappa shape index (κ1) is 20.9. The van der Waals surface area contributed by atoms with Gasteiger partial charge in [0.25, 0.3) is 0 Å². The lowest BCUT2D eigenvalue weighted by molar-refractivity contribution is -0.148. The van der Waals surface area contributed by atoms with Crippen molar-refractivity contribution in [2.45, 2.75) is 20.3 Å². The molecular formula is C21H22N2O5. The number of carbonyl (C=O) groups excluding carboxylic acids is 3. The van der Waals surface area contributed by atoms with Crippen LogP contribution in [0.25, 0.3) is 0 Å². The van der Waals surface area contributed by atoms with E-state index < -0.39 is 6.09 Å². The van der Waals surface area contributed by atoms with Crippen molar-refractivity contribution in [3.63, 3.8) is 0 Å². The summed E-state index contributed by atoms with van der Waals surface area (Å²) < 4.78 is 9.90. The zero-order valence-electron chi connectivity index (χ0n) is 15.8. The predicted molar refractivity (Wildman–Crippen MR) is 104 cm³/mol. The van der Waals surface area contributed by atoms with E-state index in [0.29, 0.717) is 17.8 Å². The van der Waals surface area contributed by atoms with Gasteiger partial charge in [-0.1, -0.05) is 38.1 Å². The van der Waals surface area contributed by atoms with E-state index in [2.05, 4.69) is 10.3 Å². The number of hydrogen-bond acceptors (Lipinski definition) is 6. The molecule has 0 unspecified atom stereocenters. The van der Waals surface area contributed by atoms with E-state index in [4.69, 9.17) is 9.47 Å². The molecule has 0 aromatic heterocycles. The third kappa shape index (κ3) is 7.05. The molecule has 0 saturated heterocycles. The van der Waals surface area contributed by atoms with Crippen LogP contribution in [0.4, 0.5) is 16.2 Å². The number of rotatable bonds is 8. The molecule has 1 amide bonds. The van der Waals surface area contributed by atoms with Gasteiger partial charge in [0.2, 0.25) is 6.08 Å². The highest BCUT2D eigenvalue weighted by molar-refractivity contribution is 5.84. The first-order chi connectivity index (χ1) is 13.5. The van der Waals surface area contributed by atoms with Gasteiger partial charge in [-0.2, -0.15) is 4.99 Å². The fourth-order valence-corrected chi connectivity index (χ4v) is 2.28. The summed E-state index contributed by atoms with van der Waals surface area (Å²) in [5.41, 5.74) is 3.30. The summed E-state index contributed by atoms with van der Waals surface area (Å²) in [6.45, 7) is 3.49. The van der Waals surface area contributed by atoms with Gasteiger partial charge in [-0.3, -0.25) is 10.1 Å². The van der Waals surface area contributed by atoms with E-state index in [9.17, 15) is 14.4 Å². The zero-order valence-corrected chi connectivity index (χ0v) is 15.8. The lowest BCUT2D eigenvalue weighted by Gasteiger charge is -2.09. The Kier molecular flexibility index (Phi) is 7.93. The van der Waals surface area contributed by atoms with Crippen molar-refractivity contribution in [1.29, 1.82) is 0 Å². The maximum Gasteiger partial charge on any atom is 0.411 e. The van der Waals surface area contributed by atoms with Crippen molar-refractivity contribution in [3.05, 3.63) is 59.7 Å². The molecule has 0 radical (unpaired) electrons. The second kappa shape index (κ2) is 10.6. The van der Waals surface area contributed by atoms with E-state index >= 15 is 0 Å². The number of ether oxygens (including phenoxy) is 2. The van der Waals surface area contributed by atoms with Crippen LogP contribution in [0.15, 0.2) is 53.5 Å². The molecule has 2 aromatic rings. The molecular weight excluding hydrogens is 360 g/mol. The second-order valence-electron chi connectivity index (χ2n) is 6.33. The Balaban J connectivity index is 1.78. The number of nitrogens with one attached hydrogen (secondary N) is 1. The van der Waals surface area contributed by atoms with Crippen LogP contribution in [0.5, 0.6) is 0 Å². The fraction of sp³-hybridized carbons (Fsp3) is 0.286. The quantitative estimate of drug-likeness (QED) is 0.322. The molecule has 7 heteroatoms. The number of benzene rings is 2. The molecule has 7 nitrogen and oxygen atoms in total. The van der Waals surface area contributed by atoms with E-state index in [-0.39, 0.29) is 25.1 Å². The molecule has 0 bridgehead atoms. The number of esters is 1. The van der Waals surface area contributed by atoms with Crippen molar-refractivity contribution >= 4 is 29.5 Å². The van der Waals surface area contributed by atoms with Crippen LogP contribution < -0.4 is 5.32 Å². The summed E-state index contributed by atoms with van der Waals surface area (Å²) in [4.78, 5) is 36.8. The van der Waals surface area contributed by atoms with Crippen LogP contribution in [0, 0.1) is 5.92 Å². The highest BCUT2D eigenvalue weighted by Crippen LogP contribution is 2.17. The molecule has 2 aromatic carbocycles. The number of hydrogen-bond donors (Lipinski definition) is 1. The summed E-state index contributed by atoms with van der Waals surface area (Å²) in [7, 11) is 0. The Bertz CT molecular complexity index is 838. The van der Waals surface area contributed by atoms with Gasteiger partial charge >= 0.3 is 12.1 Å². The lowest BCUT2D eigenvalue weighted by atomic mass is 10.0. The number of nitrogens with zero attached hydrogens (tertiary/aromatic N) is 1. The minimum absolute atomic E-state index is 0.00742. The zero-order chi connectivity index (χ0) is 20.4. The second-order valence-corrected chi connectivity index (χ2v) is 6.33. The van der Waals surface area contributed by atoms with Gasteiger partial charge < -0.3 is 9.47 Å². The van der Waals surface area contributed by atoms with Crippen molar-refractivity contribution in [3.8, 4) is 0 Å². The first-order valence-corrected chi connectivity index (χ1v) is 8.84. The molecule has 2 rings (SSSR count). The SMILES string of the molecule is CC(C)C(=O)OCCOC(=O)Nc1ccc(Cc2ccc(N=C=O)cc2)cc1. The Labute approximate surface area is 163 Å². The molecule has 0 heterocycles. The normalized spacial score (nSPS) is 10.1. The van der Waals surface area contributed by atoms with Crippen LogP contribution in [0.3, 0.4) is 0 Å². The maximum atomic E-state index is 11.7. The lowest BCUT2D eigenvalue weighted by Crippen LogP contribution is -2.19. The van der Waals surface area contributed by atoms with E-state index in [0.717, 1.165) is 11.1 Å². The average Bonchev–Trinajstić information content (AvgIpc) is 2.68. The molecule has 0 atom stereocenters. The smallest absolute Gasteiger partial charge is 0.411 e. The van der Waals surface area contributed by atoms with Crippen molar-refractivity contribution < 1.29 is 23.9 Å². The van der Waals surface area contributed by atoms with Crippen molar-refractivity contribution in [2.24, 2.45) is 10.9 Å². The summed E-state index contributed by atoms with van der Waals surface area (Å²) in [6, 6.07) is 14.7. The molecule has 0 aliphatic heterocycles. The highest BCUT2D eigenvalue weighted by atomic mass is 16.6. The monoisotopic (exact) mass is 382 g/mol. The van der Waals surface area contributed by atoms with E-state index in [1.807, 2.05) is 24.3 Å². The Morgan fingerprint density at radius 3 is 2.11 bits per heavy atom. The molecule has 28 heavy (non-hydrogen) atoms. The molecule has 0 saturated carbocycles. The van der Waals surface area contributed by atoms with Crippen molar-refractivity contribution in [1.82, 2.24) is 0 Å². The summed E-state index contributed by atoms with van der Waals surface area (Å²) in [5, 5.41) is 2.61. The third-order valence-corrected chi connectivity index (χ3v) is 3.75. The van der Waals surface area contributed by atoms with Gasteiger partial charge in [0, 0.05) is 5.69 Å². The van der Waals surface area contributed by atoms with Crippen LogP contribution in [-0.2, 0) is 25.5 Å². The van der Waals surface area contributed by atoms with Crippen LogP contribution in [0.2, 0.25) is 0 Å². The Morgan fingerprint density at radius 1 is 0.964 bits per heavy atom. The van der Waals surface area contributed by atoms with Gasteiger partial charge in [-0.15, -0.1) is 0 Å². The largest absolute Gasteiger partial charge is 0.462 e. The topological polar surface area (TPSA) is 94.1 Å². The van der Waals surface area contributed by atoms with Crippen molar-refractivity contribution in [2.75, 3.05) is 18.5 Å². The molecule has 0 aliphatic rings. The summed E-state index contributed by atoms with van der Waals surface area (Å²) in [5.74, 6) is -0.541. The van der Waals surface area contributed by atoms with E-state index in [1.54, 1.807) is 38.1 Å². The third-order valence-electron chi connectivity index (χ3n) is 3.75. The minimum Gasteiger partial charge on any atom is -0.462 e. The minimum atomic E-state index is -0.611. The number of amides is 1.